The van der Waals surface area contributed by atoms with Crippen LogP contribution in [0.5, 0.6) is 11.5 Å². The Bertz CT molecular complexity index is 1630. The molecule has 0 fully saturated rings. The summed E-state index contributed by atoms with van der Waals surface area (Å²) in [6.07, 6.45) is -1.71. The van der Waals surface area contributed by atoms with Gasteiger partial charge in [-0.2, -0.15) is 13.2 Å². The second kappa shape index (κ2) is 10.8. The largest absolute Gasteiger partial charge is 0.507 e. The van der Waals surface area contributed by atoms with Gasteiger partial charge in [0.15, 0.2) is 5.82 Å². The molecule has 3 aromatic carbocycles. The molecule has 0 saturated carbocycles. The number of alkyl halides is 3. The number of nitrogens with zero attached hydrogens (tertiary/aromatic N) is 2. The van der Waals surface area contributed by atoms with E-state index in [0.717, 1.165) is 12.1 Å². The summed E-state index contributed by atoms with van der Waals surface area (Å²) in [6, 6.07) is 11.1. The zero-order valence-corrected chi connectivity index (χ0v) is 21.0. The molecule has 202 valence electrons. The van der Waals surface area contributed by atoms with Crippen molar-refractivity contribution in [2.75, 3.05) is 4.72 Å². The number of aromatic hydroxyl groups is 1. The highest BCUT2D eigenvalue weighted by Crippen LogP contribution is 2.32. The van der Waals surface area contributed by atoms with Crippen molar-refractivity contribution in [3.63, 3.8) is 0 Å². The molecule has 3 N–H and O–H groups in total. The number of benzene rings is 3. The maximum Gasteiger partial charge on any atom is 0.416 e. The Kier molecular flexibility index (Phi) is 7.65. The minimum absolute atomic E-state index is 0.0110. The molecule has 0 aliphatic rings. The van der Waals surface area contributed by atoms with Gasteiger partial charge in [0, 0.05) is 23.5 Å². The Morgan fingerprint density at radius 3 is 2.28 bits per heavy atom. The summed E-state index contributed by atoms with van der Waals surface area (Å²) >= 11 is 6.14. The third-order valence-corrected chi connectivity index (χ3v) is 6.98. The van der Waals surface area contributed by atoms with Crippen LogP contribution in [0.2, 0.25) is 5.02 Å². The molecule has 0 aliphatic heterocycles. The predicted octanol–water partition coefficient (Wildman–Crippen LogP) is 5.60. The highest BCUT2D eigenvalue weighted by atomic mass is 35.5. The third kappa shape index (κ3) is 6.56. The molecular formula is C25H17ClF3N3O6S. The van der Waals surface area contributed by atoms with E-state index in [4.69, 9.17) is 21.4 Å². The first kappa shape index (κ1) is 27.7. The van der Waals surface area contributed by atoms with Crippen molar-refractivity contribution in [3.05, 3.63) is 94.8 Å². The van der Waals surface area contributed by atoms with E-state index in [0.29, 0.717) is 23.3 Å². The van der Waals surface area contributed by atoms with Crippen LogP contribution in [0.4, 0.5) is 18.9 Å². The van der Waals surface area contributed by atoms with Crippen LogP contribution in [0, 0.1) is 0 Å². The topological polar surface area (TPSA) is 139 Å². The maximum atomic E-state index is 12.8. The number of anilines is 1. The number of halogens is 4. The van der Waals surface area contributed by atoms with E-state index in [2.05, 4.69) is 14.7 Å². The number of carboxylic acids is 1. The number of hydrogen-bond donors (Lipinski definition) is 3. The predicted molar refractivity (Wildman–Crippen MR) is 134 cm³/mol. The van der Waals surface area contributed by atoms with Gasteiger partial charge in [-0.25, -0.2) is 23.2 Å². The van der Waals surface area contributed by atoms with Crippen molar-refractivity contribution in [1.29, 1.82) is 0 Å². The van der Waals surface area contributed by atoms with Crippen LogP contribution in [0.1, 0.15) is 21.5 Å². The Hall–Kier alpha value is -4.36. The van der Waals surface area contributed by atoms with Gasteiger partial charge in [0.05, 0.1) is 21.2 Å². The Morgan fingerprint density at radius 1 is 1.00 bits per heavy atom. The smallest absolute Gasteiger partial charge is 0.416 e. The van der Waals surface area contributed by atoms with E-state index in [1.54, 1.807) is 6.07 Å². The highest BCUT2D eigenvalue weighted by molar-refractivity contribution is 7.92. The van der Waals surface area contributed by atoms with Crippen molar-refractivity contribution < 1.29 is 41.3 Å². The molecule has 0 atom stereocenters. The Balaban J connectivity index is 1.48. The normalized spacial score (nSPS) is 11.7. The van der Waals surface area contributed by atoms with Gasteiger partial charge in [-0.05, 0) is 60.7 Å². The summed E-state index contributed by atoms with van der Waals surface area (Å²) in [4.78, 5) is 19.2. The zero-order chi connectivity index (χ0) is 28.4. The quantitative estimate of drug-likeness (QED) is 0.245. The number of aromatic carboxylic acids is 1. The van der Waals surface area contributed by atoms with E-state index in [1.807, 2.05) is 0 Å². The summed E-state index contributed by atoms with van der Waals surface area (Å²) in [5.74, 6) is -1.29. The Labute approximate surface area is 224 Å². The van der Waals surface area contributed by atoms with E-state index >= 15 is 0 Å². The molecule has 1 heterocycles. The fourth-order valence-electron chi connectivity index (χ4n) is 3.29. The summed E-state index contributed by atoms with van der Waals surface area (Å²) in [5, 5.41) is 18.7. The van der Waals surface area contributed by atoms with Crippen molar-refractivity contribution in [1.82, 2.24) is 9.97 Å². The lowest BCUT2D eigenvalue weighted by molar-refractivity contribution is -0.137. The summed E-state index contributed by atoms with van der Waals surface area (Å²) in [7, 11) is -4.26. The lowest BCUT2D eigenvalue weighted by Crippen LogP contribution is -2.14. The first-order valence-electron chi connectivity index (χ1n) is 10.8. The molecule has 39 heavy (non-hydrogen) atoms. The van der Waals surface area contributed by atoms with Crippen molar-refractivity contribution in [2.45, 2.75) is 17.7 Å². The number of carbonyl (C=O) groups is 1. The maximum absolute atomic E-state index is 12.8. The molecule has 4 rings (SSSR count). The van der Waals surface area contributed by atoms with Gasteiger partial charge in [0.1, 0.15) is 23.7 Å². The van der Waals surface area contributed by atoms with E-state index in [9.17, 15) is 31.5 Å². The number of rotatable bonds is 8. The molecule has 0 saturated heterocycles. The molecule has 0 aliphatic carbocycles. The minimum atomic E-state index is -4.61. The van der Waals surface area contributed by atoms with Crippen LogP contribution in [-0.2, 0) is 22.8 Å². The molecule has 4 aromatic rings. The number of sulfonamides is 1. The van der Waals surface area contributed by atoms with Crippen LogP contribution in [-0.4, -0.2) is 34.6 Å². The number of ether oxygens (including phenoxy) is 1. The van der Waals surface area contributed by atoms with E-state index in [1.165, 1.54) is 42.7 Å². The fraction of sp³-hybridized carbons (Fsp3) is 0.0800. The summed E-state index contributed by atoms with van der Waals surface area (Å²) < 4.78 is 71.6. The first-order chi connectivity index (χ1) is 18.3. The average Bonchev–Trinajstić information content (AvgIpc) is 2.89. The third-order valence-electron chi connectivity index (χ3n) is 5.27. The van der Waals surface area contributed by atoms with Crippen molar-refractivity contribution in [2.24, 2.45) is 0 Å². The molecule has 1 aromatic heterocycles. The molecule has 0 spiro atoms. The van der Waals surface area contributed by atoms with Gasteiger partial charge in [0.2, 0.25) is 0 Å². The molecule has 0 bridgehead atoms. The van der Waals surface area contributed by atoms with Crippen LogP contribution in [0.15, 0.2) is 78.0 Å². The summed E-state index contributed by atoms with van der Waals surface area (Å²) in [6.45, 7) is -0.0110. The summed E-state index contributed by atoms with van der Waals surface area (Å²) in [5.41, 5.74) is -0.415. The molecule has 9 nitrogen and oxygen atoms in total. The zero-order valence-electron chi connectivity index (χ0n) is 19.5. The first-order valence-corrected chi connectivity index (χ1v) is 12.7. The van der Waals surface area contributed by atoms with Gasteiger partial charge >= 0.3 is 12.1 Å². The minimum Gasteiger partial charge on any atom is -0.507 e. The second-order valence-electron chi connectivity index (χ2n) is 8.01. The van der Waals surface area contributed by atoms with Crippen molar-refractivity contribution >= 4 is 33.3 Å². The van der Waals surface area contributed by atoms with Gasteiger partial charge in [-0.3, -0.25) is 4.72 Å². The van der Waals surface area contributed by atoms with Crippen LogP contribution in [0.3, 0.4) is 0 Å². The van der Waals surface area contributed by atoms with Gasteiger partial charge in [-0.15, -0.1) is 0 Å². The molecule has 0 unspecified atom stereocenters. The molecule has 0 amide bonds. The SMILES string of the molecule is O=C(O)c1cc(OCc2cnc(-c3ccc(Cl)c(NS(=O)(=O)c4ccc(C(F)(F)F)cc4)c3)nc2)ccc1O. The van der Waals surface area contributed by atoms with Gasteiger partial charge < -0.3 is 14.9 Å². The lowest BCUT2D eigenvalue weighted by Gasteiger charge is -2.12. The van der Waals surface area contributed by atoms with E-state index < -0.39 is 33.5 Å². The van der Waals surface area contributed by atoms with Crippen LogP contribution >= 0.6 is 11.6 Å². The van der Waals surface area contributed by atoms with E-state index in [-0.39, 0.29) is 39.3 Å². The standard InChI is InChI=1S/C25H17ClF3N3O6S/c26-20-7-1-15(9-21(20)32-39(36,37)18-5-2-16(3-6-18)25(27,28)29)23-30-11-14(12-31-23)13-38-17-4-8-22(33)19(10-17)24(34)35/h1-12,32-33H,13H2,(H,34,35). The molecular weight excluding hydrogens is 563 g/mol. The number of carboxylic acid groups (broad SMARTS) is 1. The lowest BCUT2D eigenvalue weighted by atomic mass is 10.2. The van der Waals surface area contributed by atoms with Crippen LogP contribution < -0.4 is 9.46 Å². The monoisotopic (exact) mass is 579 g/mol. The molecule has 0 radical (unpaired) electrons. The number of phenols is 1. The number of aromatic nitrogens is 2. The number of nitrogens with one attached hydrogen (secondary N) is 1. The fourth-order valence-corrected chi connectivity index (χ4v) is 4.58. The Morgan fingerprint density at radius 2 is 1.67 bits per heavy atom. The highest BCUT2D eigenvalue weighted by Gasteiger charge is 2.30. The van der Waals surface area contributed by atoms with Crippen LogP contribution in [0.25, 0.3) is 11.4 Å². The second-order valence-corrected chi connectivity index (χ2v) is 10.1. The van der Waals surface area contributed by atoms with Crippen molar-refractivity contribution in [3.8, 4) is 22.9 Å². The average molecular weight is 580 g/mol. The van der Waals surface area contributed by atoms with Gasteiger partial charge in [-0.1, -0.05) is 11.6 Å². The van der Waals surface area contributed by atoms with Gasteiger partial charge in [0.25, 0.3) is 10.0 Å². The number of hydrogen-bond acceptors (Lipinski definition) is 7. The molecule has 14 heteroatoms.